The minimum atomic E-state index is -0.152. The van der Waals surface area contributed by atoms with E-state index >= 15 is 0 Å². The van der Waals surface area contributed by atoms with Crippen molar-refractivity contribution in [3.63, 3.8) is 0 Å². The summed E-state index contributed by atoms with van der Waals surface area (Å²) in [4.78, 5) is 23.1. The number of aliphatic imine (C=N–C) groups is 1. The van der Waals surface area contributed by atoms with Crippen LogP contribution in [0, 0.1) is 11.8 Å². The Morgan fingerprint density at radius 1 is 1.43 bits per heavy atom. The second-order valence-corrected chi connectivity index (χ2v) is 6.72. The number of benzene rings is 1. The highest BCUT2D eigenvalue weighted by atomic mass is 127. The van der Waals surface area contributed by atoms with Gasteiger partial charge in [0.25, 0.3) is 0 Å². The van der Waals surface area contributed by atoms with Crippen LogP contribution in [0.3, 0.4) is 0 Å². The molecular formula is C19H27IN6O2. The molecule has 2 atom stereocenters. The van der Waals surface area contributed by atoms with E-state index in [1.807, 2.05) is 25.1 Å². The van der Waals surface area contributed by atoms with E-state index < -0.39 is 0 Å². The van der Waals surface area contributed by atoms with Gasteiger partial charge in [-0.2, -0.15) is 5.10 Å². The van der Waals surface area contributed by atoms with Gasteiger partial charge in [0.1, 0.15) is 6.33 Å². The fourth-order valence-electron chi connectivity index (χ4n) is 3.35. The molecular weight excluding hydrogens is 471 g/mol. The smallest absolute Gasteiger partial charge is 0.310 e. The van der Waals surface area contributed by atoms with Gasteiger partial charge in [-0.15, -0.1) is 24.0 Å². The highest BCUT2D eigenvalue weighted by Crippen LogP contribution is 2.24. The number of carbonyl (C=O) groups excluding carboxylic acids is 1. The number of halogens is 1. The zero-order valence-corrected chi connectivity index (χ0v) is 18.7. The highest BCUT2D eigenvalue weighted by molar-refractivity contribution is 14.0. The number of hydrogen-bond donors (Lipinski definition) is 2. The maximum absolute atomic E-state index is 12.0. The molecule has 2 aromatic rings. The Balaban J connectivity index is 0.00000280. The van der Waals surface area contributed by atoms with Gasteiger partial charge in [0.2, 0.25) is 0 Å². The lowest BCUT2D eigenvalue weighted by Gasteiger charge is -2.21. The van der Waals surface area contributed by atoms with Gasteiger partial charge in [-0.1, -0.05) is 25.1 Å². The maximum atomic E-state index is 12.0. The number of guanidine groups is 1. The summed E-state index contributed by atoms with van der Waals surface area (Å²) >= 11 is 0. The zero-order chi connectivity index (χ0) is 19.2. The van der Waals surface area contributed by atoms with E-state index in [4.69, 9.17) is 9.73 Å². The molecule has 0 spiro atoms. The lowest BCUT2D eigenvalue weighted by molar-refractivity contribution is -0.145. The fourth-order valence-corrected chi connectivity index (χ4v) is 3.35. The Bertz CT molecular complexity index is 795. The number of nitrogens with one attached hydrogen (secondary N) is 2. The summed E-state index contributed by atoms with van der Waals surface area (Å²) in [5.41, 5.74) is 2.06. The third-order valence-corrected chi connectivity index (χ3v) is 4.78. The van der Waals surface area contributed by atoms with Crippen LogP contribution < -0.4 is 5.32 Å². The maximum Gasteiger partial charge on any atom is 0.310 e. The van der Waals surface area contributed by atoms with Crippen LogP contribution in [0.4, 0.5) is 0 Å². The molecule has 0 radical (unpaired) electrons. The number of nitrogens with zero attached hydrogens (tertiary/aromatic N) is 4. The fraction of sp³-hybridized carbons (Fsp3) is 0.474. The third-order valence-electron chi connectivity index (χ3n) is 4.78. The van der Waals surface area contributed by atoms with Crippen molar-refractivity contribution in [2.45, 2.75) is 20.4 Å². The Labute approximate surface area is 182 Å². The molecule has 1 aromatic heterocycles. The van der Waals surface area contributed by atoms with Crippen LogP contribution in [0.5, 0.6) is 0 Å². The van der Waals surface area contributed by atoms with Crippen LogP contribution in [0.2, 0.25) is 0 Å². The van der Waals surface area contributed by atoms with Crippen molar-refractivity contribution in [2.75, 3.05) is 26.7 Å². The summed E-state index contributed by atoms with van der Waals surface area (Å²) in [6, 6.07) is 8.07. The molecule has 2 unspecified atom stereocenters. The molecule has 1 aliphatic rings. The molecule has 1 aliphatic heterocycles. The van der Waals surface area contributed by atoms with Crippen molar-refractivity contribution in [1.29, 1.82) is 0 Å². The number of aromatic nitrogens is 3. The number of esters is 1. The van der Waals surface area contributed by atoms with Gasteiger partial charge in [-0.3, -0.25) is 9.89 Å². The lowest BCUT2D eigenvalue weighted by atomic mass is 9.99. The molecule has 3 rings (SSSR count). The molecule has 0 saturated carbocycles. The Morgan fingerprint density at radius 2 is 2.25 bits per heavy atom. The van der Waals surface area contributed by atoms with Crippen molar-refractivity contribution in [3.05, 3.63) is 36.2 Å². The first-order valence-corrected chi connectivity index (χ1v) is 9.18. The highest BCUT2D eigenvalue weighted by Gasteiger charge is 2.36. The summed E-state index contributed by atoms with van der Waals surface area (Å²) < 4.78 is 4.93. The standard InChI is InChI=1S/C19H26N6O2.HI/c1-4-20-19(25-10-13(2)16(11-25)18(26)27-3)21-9-14-6-5-7-15(8-14)17-22-12-23-24-17;/h5-8,12-13,16H,4,9-11H2,1-3H3,(H,20,21)(H,22,23,24);1H. The minimum Gasteiger partial charge on any atom is -0.469 e. The summed E-state index contributed by atoms with van der Waals surface area (Å²) in [5, 5.41) is 10.1. The average molecular weight is 498 g/mol. The molecule has 9 heteroatoms. The van der Waals surface area contributed by atoms with Gasteiger partial charge in [0.05, 0.1) is 19.6 Å². The second-order valence-electron chi connectivity index (χ2n) is 6.72. The lowest BCUT2D eigenvalue weighted by Crippen LogP contribution is -2.40. The van der Waals surface area contributed by atoms with E-state index in [1.165, 1.54) is 13.4 Å². The van der Waals surface area contributed by atoms with Crippen molar-refractivity contribution >= 4 is 35.9 Å². The summed E-state index contributed by atoms with van der Waals surface area (Å²) in [5.74, 6) is 1.52. The molecule has 1 aromatic carbocycles. The molecule has 8 nitrogen and oxygen atoms in total. The summed E-state index contributed by atoms with van der Waals surface area (Å²) in [7, 11) is 1.44. The molecule has 0 bridgehead atoms. The summed E-state index contributed by atoms with van der Waals surface area (Å²) in [6.07, 6.45) is 1.50. The van der Waals surface area contributed by atoms with Gasteiger partial charge in [0, 0.05) is 25.2 Å². The topological polar surface area (TPSA) is 95.5 Å². The van der Waals surface area contributed by atoms with Crippen LogP contribution in [-0.4, -0.2) is 58.8 Å². The van der Waals surface area contributed by atoms with Crippen LogP contribution in [-0.2, 0) is 16.1 Å². The molecule has 0 amide bonds. The average Bonchev–Trinajstić information content (AvgIpc) is 3.35. The third kappa shape index (κ3) is 5.21. The molecule has 1 fully saturated rings. The monoisotopic (exact) mass is 498 g/mol. The van der Waals surface area contributed by atoms with Gasteiger partial charge < -0.3 is 15.0 Å². The first kappa shape index (κ1) is 22.1. The van der Waals surface area contributed by atoms with E-state index in [0.29, 0.717) is 13.1 Å². The van der Waals surface area contributed by atoms with E-state index in [1.54, 1.807) is 0 Å². The molecule has 2 N–H and O–H groups in total. The van der Waals surface area contributed by atoms with E-state index in [-0.39, 0.29) is 41.8 Å². The molecule has 2 heterocycles. The number of carbonyl (C=O) groups is 1. The number of methoxy groups -OCH3 is 1. The Hall–Kier alpha value is -2.17. The van der Waals surface area contributed by atoms with Crippen LogP contribution in [0.15, 0.2) is 35.6 Å². The predicted octanol–water partition coefficient (Wildman–Crippen LogP) is 2.30. The Morgan fingerprint density at radius 3 is 2.93 bits per heavy atom. The van der Waals surface area contributed by atoms with Crippen LogP contribution >= 0.6 is 24.0 Å². The molecule has 1 saturated heterocycles. The number of ether oxygens (including phenoxy) is 1. The second kappa shape index (κ2) is 10.4. The minimum absolute atomic E-state index is 0. The van der Waals surface area contributed by atoms with E-state index in [9.17, 15) is 4.79 Å². The SMILES string of the molecule is CCNC(=NCc1cccc(-c2ncn[nH]2)c1)N1CC(C)C(C(=O)OC)C1.I. The van der Waals surface area contributed by atoms with E-state index in [0.717, 1.165) is 36.0 Å². The van der Waals surface area contributed by atoms with Crippen molar-refractivity contribution in [2.24, 2.45) is 16.8 Å². The van der Waals surface area contributed by atoms with Gasteiger partial charge in [-0.05, 0) is 24.5 Å². The predicted molar refractivity (Wildman–Crippen MR) is 118 cm³/mol. The molecule has 28 heavy (non-hydrogen) atoms. The number of likely N-dealkylation sites (tertiary alicyclic amines) is 1. The molecule has 0 aliphatic carbocycles. The number of hydrogen-bond acceptors (Lipinski definition) is 5. The number of rotatable bonds is 5. The molecule has 152 valence electrons. The normalized spacial score (nSPS) is 19.2. The van der Waals surface area contributed by atoms with Gasteiger partial charge in [-0.25, -0.2) is 9.98 Å². The van der Waals surface area contributed by atoms with Crippen molar-refractivity contribution < 1.29 is 9.53 Å². The first-order valence-electron chi connectivity index (χ1n) is 9.18. The van der Waals surface area contributed by atoms with Crippen molar-refractivity contribution in [3.8, 4) is 11.4 Å². The van der Waals surface area contributed by atoms with E-state index in [2.05, 4.69) is 38.4 Å². The number of H-pyrrole nitrogens is 1. The Kier molecular flexibility index (Phi) is 8.21. The number of aromatic amines is 1. The quantitative estimate of drug-likeness (QED) is 0.285. The zero-order valence-electron chi connectivity index (χ0n) is 16.4. The van der Waals surface area contributed by atoms with Crippen LogP contribution in [0.1, 0.15) is 19.4 Å². The van der Waals surface area contributed by atoms with Gasteiger partial charge >= 0.3 is 5.97 Å². The summed E-state index contributed by atoms with van der Waals surface area (Å²) in [6.45, 7) is 6.83. The largest absolute Gasteiger partial charge is 0.469 e. The van der Waals surface area contributed by atoms with Crippen molar-refractivity contribution in [1.82, 2.24) is 25.4 Å². The first-order chi connectivity index (χ1) is 13.1. The van der Waals surface area contributed by atoms with Crippen LogP contribution in [0.25, 0.3) is 11.4 Å². The van der Waals surface area contributed by atoms with Gasteiger partial charge in [0.15, 0.2) is 11.8 Å².